The van der Waals surface area contributed by atoms with E-state index in [0.29, 0.717) is 0 Å². The normalized spacial score (nSPS) is 19.2. The summed E-state index contributed by atoms with van der Waals surface area (Å²) < 4.78 is 17.2. The van der Waals surface area contributed by atoms with Crippen molar-refractivity contribution in [1.29, 1.82) is 0 Å². The van der Waals surface area contributed by atoms with Gasteiger partial charge < -0.3 is 14.2 Å². The molecule has 0 bridgehead atoms. The average molecular weight is 433 g/mol. The molecule has 0 aromatic heterocycles. The maximum atomic E-state index is 6.46. The van der Waals surface area contributed by atoms with Gasteiger partial charge in [-0.05, 0) is 66.4 Å². The summed E-state index contributed by atoms with van der Waals surface area (Å²) in [6.45, 7) is 0. The maximum absolute atomic E-state index is 6.46. The summed E-state index contributed by atoms with van der Waals surface area (Å²) >= 11 is 1.73. The van der Waals surface area contributed by atoms with E-state index >= 15 is 0 Å². The third-order valence-electron chi connectivity index (χ3n) is 5.82. The Morgan fingerprint density at radius 1 is 0.935 bits per heavy atom. The van der Waals surface area contributed by atoms with Crippen molar-refractivity contribution in [2.24, 2.45) is 5.10 Å². The minimum absolute atomic E-state index is 0.0844. The summed E-state index contributed by atoms with van der Waals surface area (Å²) in [6.07, 6.45) is 2.60. The zero-order valence-electron chi connectivity index (χ0n) is 17.7. The summed E-state index contributed by atoms with van der Waals surface area (Å²) in [5.74, 6) is 2.54. The van der Waals surface area contributed by atoms with E-state index in [1.54, 1.807) is 26.0 Å². The second-order valence-electron chi connectivity index (χ2n) is 7.52. The first-order chi connectivity index (χ1) is 15.2. The standard InChI is InChI=1S/C25H24N2O3S/c1-28-18-8-4-16(5-9-18)22-15-23-21-14-19(29-2)10-13-24(21)30-25(27(23)26-22)17-6-11-20(31-3)12-7-17/h4-14,23,25H,15H2,1-3H3. The molecule has 3 aromatic rings. The molecule has 2 heterocycles. The summed E-state index contributed by atoms with van der Waals surface area (Å²) in [6, 6.07) is 22.7. The van der Waals surface area contributed by atoms with Crippen molar-refractivity contribution >= 4 is 17.5 Å². The summed E-state index contributed by atoms with van der Waals surface area (Å²) in [5, 5.41) is 7.12. The highest BCUT2D eigenvalue weighted by molar-refractivity contribution is 7.98. The van der Waals surface area contributed by atoms with E-state index in [9.17, 15) is 0 Å². The van der Waals surface area contributed by atoms with Gasteiger partial charge in [-0.2, -0.15) is 5.10 Å². The highest BCUT2D eigenvalue weighted by Gasteiger charge is 2.41. The van der Waals surface area contributed by atoms with E-state index in [2.05, 4.69) is 53.7 Å². The van der Waals surface area contributed by atoms with E-state index in [1.807, 2.05) is 24.3 Å². The minimum atomic E-state index is -0.280. The van der Waals surface area contributed by atoms with Gasteiger partial charge >= 0.3 is 0 Å². The van der Waals surface area contributed by atoms with Crippen molar-refractivity contribution in [2.75, 3.05) is 20.5 Å². The van der Waals surface area contributed by atoms with Gasteiger partial charge in [-0.1, -0.05) is 12.1 Å². The topological polar surface area (TPSA) is 43.3 Å². The van der Waals surface area contributed by atoms with Crippen LogP contribution in [0.3, 0.4) is 0 Å². The van der Waals surface area contributed by atoms with Crippen molar-refractivity contribution in [3.05, 3.63) is 83.4 Å². The molecule has 0 fully saturated rings. The maximum Gasteiger partial charge on any atom is 0.213 e. The number of thioether (sulfide) groups is 1. The van der Waals surface area contributed by atoms with Crippen LogP contribution in [0, 0.1) is 0 Å². The van der Waals surface area contributed by atoms with Crippen LogP contribution in [0.25, 0.3) is 0 Å². The number of rotatable bonds is 5. The summed E-state index contributed by atoms with van der Waals surface area (Å²) in [5.41, 5.74) is 4.32. The van der Waals surface area contributed by atoms with Gasteiger partial charge in [-0.15, -0.1) is 11.8 Å². The smallest absolute Gasteiger partial charge is 0.213 e. The fourth-order valence-electron chi connectivity index (χ4n) is 4.14. The largest absolute Gasteiger partial charge is 0.497 e. The van der Waals surface area contributed by atoms with Crippen molar-refractivity contribution < 1.29 is 14.2 Å². The minimum Gasteiger partial charge on any atom is -0.497 e. The van der Waals surface area contributed by atoms with Gasteiger partial charge in [0.25, 0.3) is 0 Å². The molecule has 158 valence electrons. The van der Waals surface area contributed by atoms with Crippen LogP contribution in [0.5, 0.6) is 17.2 Å². The molecule has 2 aliphatic heterocycles. The molecule has 0 N–H and O–H groups in total. The molecule has 6 heteroatoms. The van der Waals surface area contributed by atoms with E-state index < -0.39 is 0 Å². The average Bonchev–Trinajstić information content (AvgIpc) is 3.29. The van der Waals surface area contributed by atoms with Gasteiger partial charge in [0.15, 0.2) is 0 Å². The Labute approximate surface area is 186 Å². The number of methoxy groups -OCH3 is 2. The number of nitrogens with zero attached hydrogens (tertiary/aromatic N) is 2. The number of hydrazone groups is 1. The van der Waals surface area contributed by atoms with Crippen LogP contribution in [-0.4, -0.2) is 31.2 Å². The van der Waals surface area contributed by atoms with Crippen LogP contribution in [0.4, 0.5) is 0 Å². The van der Waals surface area contributed by atoms with Crippen LogP contribution in [0.2, 0.25) is 0 Å². The molecule has 3 aromatic carbocycles. The Hall–Kier alpha value is -3.12. The molecule has 0 radical (unpaired) electrons. The van der Waals surface area contributed by atoms with Crippen molar-refractivity contribution in [2.45, 2.75) is 23.6 Å². The Morgan fingerprint density at radius 2 is 1.65 bits per heavy atom. The predicted molar refractivity (Wildman–Crippen MR) is 123 cm³/mol. The molecule has 2 aliphatic rings. The van der Waals surface area contributed by atoms with Gasteiger partial charge in [-0.3, -0.25) is 0 Å². The van der Waals surface area contributed by atoms with E-state index in [1.165, 1.54) is 4.90 Å². The summed E-state index contributed by atoms with van der Waals surface area (Å²) in [7, 11) is 3.37. The molecule has 2 atom stereocenters. The zero-order valence-corrected chi connectivity index (χ0v) is 18.6. The van der Waals surface area contributed by atoms with Crippen LogP contribution in [0.1, 0.15) is 35.4 Å². The van der Waals surface area contributed by atoms with E-state index in [-0.39, 0.29) is 12.3 Å². The van der Waals surface area contributed by atoms with Crippen LogP contribution >= 0.6 is 11.8 Å². The fourth-order valence-corrected chi connectivity index (χ4v) is 4.55. The van der Waals surface area contributed by atoms with E-state index in [0.717, 1.165) is 46.1 Å². The van der Waals surface area contributed by atoms with Crippen molar-refractivity contribution in [3.63, 3.8) is 0 Å². The predicted octanol–water partition coefficient (Wildman–Crippen LogP) is 5.67. The second kappa shape index (κ2) is 8.19. The van der Waals surface area contributed by atoms with Gasteiger partial charge in [0.2, 0.25) is 6.23 Å². The number of hydrogen-bond acceptors (Lipinski definition) is 6. The molecular formula is C25H24N2O3S. The molecule has 0 amide bonds. The number of benzene rings is 3. The molecule has 2 unspecified atom stereocenters. The van der Waals surface area contributed by atoms with Gasteiger partial charge in [-0.25, -0.2) is 5.01 Å². The lowest BCUT2D eigenvalue weighted by atomic mass is 9.95. The third-order valence-corrected chi connectivity index (χ3v) is 6.56. The Bertz CT molecular complexity index is 1110. The molecule has 0 aliphatic carbocycles. The van der Waals surface area contributed by atoms with E-state index in [4.69, 9.17) is 19.3 Å². The molecule has 5 rings (SSSR count). The first kappa shape index (κ1) is 19.8. The van der Waals surface area contributed by atoms with Crippen molar-refractivity contribution in [1.82, 2.24) is 5.01 Å². The third kappa shape index (κ3) is 3.61. The van der Waals surface area contributed by atoms with Crippen LogP contribution in [0.15, 0.2) is 76.7 Å². The lowest BCUT2D eigenvalue weighted by molar-refractivity contribution is -0.0191. The van der Waals surface area contributed by atoms with Gasteiger partial charge in [0.1, 0.15) is 17.2 Å². The van der Waals surface area contributed by atoms with Crippen molar-refractivity contribution in [3.8, 4) is 17.2 Å². The van der Waals surface area contributed by atoms with Crippen LogP contribution < -0.4 is 14.2 Å². The Kier molecular flexibility index (Phi) is 5.24. The van der Waals surface area contributed by atoms with Gasteiger partial charge in [0.05, 0.1) is 26.0 Å². The Morgan fingerprint density at radius 3 is 2.32 bits per heavy atom. The number of fused-ring (bicyclic) bond motifs is 3. The number of hydrogen-bond donors (Lipinski definition) is 0. The van der Waals surface area contributed by atoms with Crippen LogP contribution in [-0.2, 0) is 0 Å². The monoisotopic (exact) mass is 432 g/mol. The first-order valence-electron chi connectivity index (χ1n) is 10.2. The fraction of sp³-hybridized carbons (Fsp3) is 0.240. The molecule has 0 spiro atoms. The zero-order chi connectivity index (χ0) is 21.4. The quantitative estimate of drug-likeness (QED) is 0.486. The number of ether oxygens (including phenoxy) is 3. The van der Waals surface area contributed by atoms with Gasteiger partial charge in [0, 0.05) is 22.4 Å². The Balaban J connectivity index is 1.56. The molecular weight excluding hydrogens is 408 g/mol. The molecule has 31 heavy (non-hydrogen) atoms. The lowest BCUT2D eigenvalue weighted by Crippen LogP contribution is -2.33. The lowest BCUT2D eigenvalue weighted by Gasteiger charge is -2.38. The SMILES string of the molecule is COc1ccc(C2=NN3C(C2)c2cc(OC)ccc2OC3c2ccc(SC)cc2)cc1. The second-order valence-corrected chi connectivity index (χ2v) is 8.40. The molecule has 0 saturated carbocycles. The molecule has 0 saturated heterocycles. The summed E-state index contributed by atoms with van der Waals surface area (Å²) in [4.78, 5) is 1.23. The first-order valence-corrected chi connectivity index (χ1v) is 11.4. The molecule has 5 nitrogen and oxygen atoms in total. The highest BCUT2D eigenvalue weighted by Crippen LogP contribution is 2.48. The highest BCUT2D eigenvalue weighted by atomic mass is 32.2.